The minimum absolute atomic E-state index is 0.153. The normalized spacial score (nSPS) is 11.2. The molecule has 0 aliphatic heterocycles. The highest BCUT2D eigenvalue weighted by Gasteiger charge is 2.22. The number of nitrogens with one attached hydrogen (secondary N) is 1. The minimum Gasteiger partial charge on any atom is -0.378 e. The number of nitrogens with two attached hydrogens (primary N) is 1. The lowest BCUT2D eigenvalue weighted by Gasteiger charge is -2.15. The Hall–Kier alpha value is -3.98. The molecule has 0 aliphatic carbocycles. The highest BCUT2D eigenvalue weighted by molar-refractivity contribution is 6.31. The Labute approximate surface area is 280 Å². The number of nitrogens with zero attached hydrogens (tertiary/aromatic N) is 2. The molecule has 0 atom stereocenters. The maximum absolute atomic E-state index is 12.8. The van der Waals surface area contributed by atoms with Crippen LogP contribution in [0.4, 0.5) is 0 Å². The van der Waals surface area contributed by atoms with Gasteiger partial charge in [-0.2, -0.15) is 0 Å². The van der Waals surface area contributed by atoms with E-state index in [1.165, 1.54) is 0 Å². The van der Waals surface area contributed by atoms with Crippen molar-refractivity contribution in [1.82, 2.24) is 14.9 Å². The number of ether oxygens (including phenoxy) is 2. The van der Waals surface area contributed by atoms with E-state index >= 15 is 0 Å². The van der Waals surface area contributed by atoms with Gasteiger partial charge in [0.1, 0.15) is 5.82 Å². The summed E-state index contributed by atoms with van der Waals surface area (Å²) in [7, 11) is 0. The molecular formula is C37H38Cl2N4O3. The van der Waals surface area contributed by atoms with Gasteiger partial charge in [0, 0.05) is 51.9 Å². The molecule has 46 heavy (non-hydrogen) atoms. The summed E-state index contributed by atoms with van der Waals surface area (Å²) in [5.41, 5.74) is 14.1. The Morgan fingerprint density at radius 2 is 1.35 bits per heavy atom. The van der Waals surface area contributed by atoms with Crippen molar-refractivity contribution in [1.29, 1.82) is 0 Å². The topological polar surface area (TPSA) is 91.4 Å². The zero-order chi connectivity index (χ0) is 32.5. The first-order chi connectivity index (χ1) is 22.3. The van der Waals surface area contributed by atoms with Crippen molar-refractivity contribution in [3.8, 4) is 33.9 Å². The average Bonchev–Trinajstić information content (AvgIpc) is 3.41. The fourth-order valence-electron chi connectivity index (χ4n) is 5.33. The summed E-state index contributed by atoms with van der Waals surface area (Å²) < 4.78 is 13.0. The van der Waals surface area contributed by atoms with Crippen LogP contribution in [0.5, 0.6) is 0 Å². The summed E-state index contributed by atoms with van der Waals surface area (Å²) in [6, 6.07) is 29.7. The van der Waals surface area contributed by atoms with E-state index in [9.17, 15) is 4.79 Å². The van der Waals surface area contributed by atoms with Crippen LogP contribution in [0.25, 0.3) is 33.9 Å². The van der Waals surface area contributed by atoms with Crippen LogP contribution < -0.4 is 11.1 Å². The van der Waals surface area contributed by atoms with Crippen molar-refractivity contribution in [2.75, 3.05) is 39.5 Å². The van der Waals surface area contributed by atoms with Crippen molar-refractivity contribution in [2.24, 2.45) is 5.73 Å². The monoisotopic (exact) mass is 656 g/mol. The van der Waals surface area contributed by atoms with E-state index in [0.717, 1.165) is 50.6 Å². The first-order valence-electron chi connectivity index (χ1n) is 15.3. The van der Waals surface area contributed by atoms with Gasteiger partial charge >= 0.3 is 0 Å². The number of amides is 1. The molecule has 1 heterocycles. The quantitative estimate of drug-likeness (QED) is 0.120. The molecule has 7 nitrogen and oxygen atoms in total. The summed E-state index contributed by atoms with van der Waals surface area (Å²) >= 11 is 12.6. The molecule has 3 N–H and O–H groups in total. The molecule has 1 aromatic heterocycles. The van der Waals surface area contributed by atoms with Crippen molar-refractivity contribution >= 4 is 29.1 Å². The maximum Gasteiger partial charge on any atom is 0.251 e. The highest BCUT2D eigenvalue weighted by Crippen LogP contribution is 2.38. The average molecular weight is 658 g/mol. The molecule has 0 saturated carbocycles. The zero-order valence-corrected chi connectivity index (χ0v) is 27.6. The first-order valence-corrected chi connectivity index (χ1v) is 16.0. The molecule has 0 bridgehead atoms. The second kappa shape index (κ2) is 16.0. The van der Waals surface area contributed by atoms with Crippen LogP contribution in [-0.2, 0) is 16.0 Å². The Morgan fingerprint density at radius 1 is 0.761 bits per heavy atom. The number of benzene rings is 4. The fourth-order valence-corrected chi connectivity index (χ4v) is 5.58. The van der Waals surface area contributed by atoms with Crippen molar-refractivity contribution in [3.63, 3.8) is 0 Å². The highest BCUT2D eigenvalue weighted by atomic mass is 35.5. The van der Waals surface area contributed by atoms with E-state index in [2.05, 4.69) is 41.9 Å². The van der Waals surface area contributed by atoms with E-state index in [0.29, 0.717) is 61.7 Å². The van der Waals surface area contributed by atoms with E-state index in [4.69, 9.17) is 43.4 Å². The van der Waals surface area contributed by atoms with Crippen LogP contribution in [0.2, 0.25) is 10.0 Å². The molecule has 9 heteroatoms. The van der Waals surface area contributed by atoms with Gasteiger partial charge in [0.25, 0.3) is 5.91 Å². The number of imidazole rings is 1. The fraction of sp³-hybridized carbons (Fsp3) is 0.243. The Bertz CT molecular complexity index is 1730. The predicted octanol–water partition coefficient (Wildman–Crippen LogP) is 7.58. The molecule has 0 saturated heterocycles. The third-order valence-corrected chi connectivity index (χ3v) is 7.91. The molecule has 0 radical (unpaired) electrons. The van der Waals surface area contributed by atoms with Crippen molar-refractivity contribution in [3.05, 3.63) is 123 Å². The van der Waals surface area contributed by atoms with Crippen molar-refractivity contribution < 1.29 is 14.3 Å². The van der Waals surface area contributed by atoms with Gasteiger partial charge in [-0.15, -0.1) is 0 Å². The molecule has 5 aromatic rings. The van der Waals surface area contributed by atoms with E-state index < -0.39 is 0 Å². The third-order valence-electron chi connectivity index (χ3n) is 7.41. The van der Waals surface area contributed by atoms with Gasteiger partial charge in [-0.1, -0.05) is 76.8 Å². The number of hydrogen-bond donors (Lipinski definition) is 2. The molecule has 0 unspecified atom stereocenters. The zero-order valence-electron chi connectivity index (χ0n) is 26.1. The SMILES string of the molecule is Cc1cc(C)cc(-c2nc(-c3ccc(Cl)cc3)c(-c3ccc(Cl)cc3)n2Cc2ccc(C(=O)NCCOCCOCCN)cc2)c1. The molecule has 0 fully saturated rings. The summed E-state index contributed by atoms with van der Waals surface area (Å²) in [5, 5.41) is 4.24. The molecule has 5 rings (SSSR count). The van der Waals surface area contributed by atoms with Gasteiger partial charge in [0.2, 0.25) is 0 Å². The van der Waals surface area contributed by atoms with Gasteiger partial charge < -0.3 is 25.1 Å². The largest absolute Gasteiger partial charge is 0.378 e. The number of carbonyl (C=O) groups excluding carboxylic acids is 1. The lowest BCUT2D eigenvalue weighted by molar-refractivity contribution is 0.0511. The number of aromatic nitrogens is 2. The van der Waals surface area contributed by atoms with Crippen LogP contribution >= 0.6 is 23.2 Å². The molecule has 1 amide bonds. The molecule has 4 aromatic carbocycles. The lowest BCUT2D eigenvalue weighted by Crippen LogP contribution is -2.27. The first kappa shape index (κ1) is 33.4. The van der Waals surface area contributed by atoms with Gasteiger partial charge in [-0.25, -0.2) is 4.98 Å². The van der Waals surface area contributed by atoms with Gasteiger partial charge in [0.05, 0.1) is 37.8 Å². The number of hydrogen-bond acceptors (Lipinski definition) is 5. The molecule has 238 valence electrons. The number of carbonyl (C=O) groups is 1. The van der Waals surface area contributed by atoms with Gasteiger partial charge in [0.15, 0.2) is 0 Å². The van der Waals surface area contributed by atoms with Gasteiger partial charge in [-0.05, 0) is 67.9 Å². The van der Waals surface area contributed by atoms with E-state index in [1.807, 2.05) is 72.8 Å². The van der Waals surface area contributed by atoms with E-state index in [-0.39, 0.29) is 5.91 Å². The van der Waals surface area contributed by atoms with Crippen LogP contribution in [0.15, 0.2) is 91.0 Å². The Kier molecular flexibility index (Phi) is 11.6. The second-order valence-electron chi connectivity index (χ2n) is 11.1. The Morgan fingerprint density at radius 3 is 1.96 bits per heavy atom. The summed E-state index contributed by atoms with van der Waals surface area (Å²) in [4.78, 5) is 18.1. The lowest BCUT2D eigenvalue weighted by atomic mass is 10.0. The van der Waals surface area contributed by atoms with E-state index in [1.54, 1.807) is 0 Å². The number of halogens is 2. The van der Waals surface area contributed by atoms with Crippen molar-refractivity contribution in [2.45, 2.75) is 20.4 Å². The molecule has 0 aliphatic rings. The number of aryl methyl sites for hydroxylation is 2. The maximum atomic E-state index is 12.8. The van der Waals surface area contributed by atoms with Crippen LogP contribution in [0.3, 0.4) is 0 Å². The predicted molar refractivity (Wildman–Crippen MR) is 187 cm³/mol. The second-order valence-corrected chi connectivity index (χ2v) is 11.9. The third kappa shape index (κ3) is 8.63. The smallest absolute Gasteiger partial charge is 0.251 e. The van der Waals surface area contributed by atoms with Crippen LogP contribution in [0.1, 0.15) is 27.0 Å². The van der Waals surface area contributed by atoms with Crippen LogP contribution in [0, 0.1) is 13.8 Å². The number of rotatable bonds is 14. The Balaban J connectivity index is 1.45. The molecule has 0 spiro atoms. The standard InChI is InChI=1S/C37H38Cl2N4O3/c1-25-21-26(2)23-31(22-25)36-42-34(28-7-11-32(38)12-8-28)35(29-9-13-33(39)14-10-29)43(36)24-27-3-5-30(6-4-27)37(44)41-16-18-46-20-19-45-17-15-40/h3-14,21-23H,15-20,24,40H2,1-2H3,(H,41,44). The molecular weight excluding hydrogens is 619 g/mol. The summed E-state index contributed by atoms with van der Waals surface area (Å²) in [5.74, 6) is 0.692. The van der Waals surface area contributed by atoms with Crippen LogP contribution in [-0.4, -0.2) is 55.0 Å². The summed E-state index contributed by atoms with van der Waals surface area (Å²) in [6.07, 6.45) is 0. The summed E-state index contributed by atoms with van der Waals surface area (Å²) in [6.45, 7) is 7.47. The van der Waals surface area contributed by atoms with Gasteiger partial charge in [-0.3, -0.25) is 4.79 Å². The minimum atomic E-state index is -0.153.